The van der Waals surface area contributed by atoms with E-state index in [1.54, 1.807) is 5.56 Å². The van der Waals surface area contributed by atoms with Crippen LogP contribution in [0.5, 0.6) is 0 Å². The van der Waals surface area contributed by atoms with Gasteiger partial charge in [0.2, 0.25) is 0 Å². The van der Waals surface area contributed by atoms with Gasteiger partial charge in [0, 0.05) is 24.8 Å². The maximum atomic E-state index is 3.80. The minimum Gasteiger partial charge on any atom is -0.385 e. The number of hydrogen-bond donors (Lipinski definition) is 2. The summed E-state index contributed by atoms with van der Waals surface area (Å²) < 4.78 is 0. The summed E-state index contributed by atoms with van der Waals surface area (Å²) in [4.78, 5) is 0. The molecule has 0 spiro atoms. The van der Waals surface area contributed by atoms with Crippen molar-refractivity contribution in [3.8, 4) is 0 Å². The topological polar surface area (TPSA) is 24.1 Å². The lowest BCUT2D eigenvalue weighted by molar-refractivity contribution is 0.458. The molecule has 1 aromatic carbocycles. The average Bonchev–Trinajstić information content (AvgIpc) is 2.74. The minimum absolute atomic E-state index is 0.745. The van der Waals surface area contributed by atoms with Gasteiger partial charge in [-0.3, -0.25) is 0 Å². The Morgan fingerprint density at radius 1 is 1.05 bits per heavy atom. The molecule has 19 heavy (non-hydrogen) atoms. The van der Waals surface area contributed by atoms with Gasteiger partial charge in [-0.25, -0.2) is 0 Å². The molecule has 3 rings (SSSR count). The van der Waals surface area contributed by atoms with Crippen molar-refractivity contribution in [1.29, 1.82) is 0 Å². The third kappa shape index (κ3) is 3.30. The molecule has 1 saturated carbocycles. The molecule has 0 bridgehead atoms. The fourth-order valence-electron chi connectivity index (χ4n) is 3.49. The van der Waals surface area contributed by atoms with Crippen molar-refractivity contribution < 1.29 is 0 Å². The molecule has 0 unspecified atom stereocenters. The molecule has 0 amide bonds. The molecule has 0 saturated heterocycles. The Kier molecular flexibility index (Phi) is 4.39. The minimum atomic E-state index is 0.745. The Morgan fingerprint density at radius 2 is 1.89 bits per heavy atom. The van der Waals surface area contributed by atoms with Crippen LogP contribution in [0.1, 0.15) is 56.1 Å². The van der Waals surface area contributed by atoms with Gasteiger partial charge in [0.1, 0.15) is 0 Å². The summed E-state index contributed by atoms with van der Waals surface area (Å²) in [5.74, 6) is 0. The van der Waals surface area contributed by atoms with Crippen LogP contribution in [-0.2, 0) is 13.0 Å². The van der Waals surface area contributed by atoms with Crippen molar-refractivity contribution >= 4 is 5.69 Å². The quantitative estimate of drug-likeness (QED) is 0.805. The van der Waals surface area contributed by atoms with E-state index in [1.165, 1.54) is 62.6 Å². The predicted octanol–water partition coefficient (Wildman–Crippen LogP) is 3.86. The highest BCUT2D eigenvalue weighted by Gasteiger charge is 2.15. The fourth-order valence-corrected chi connectivity index (χ4v) is 3.49. The zero-order chi connectivity index (χ0) is 12.9. The zero-order valence-electron chi connectivity index (χ0n) is 11.9. The molecular formula is C17H26N2. The maximum absolute atomic E-state index is 3.80. The summed E-state index contributed by atoms with van der Waals surface area (Å²) in [6.45, 7) is 2.18. The fraction of sp³-hybridized carbons (Fsp3) is 0.647. The molecule has 0 radical (unpaired) electrons. The van der Waals surface area contributed by atoms with Crippen LogP contribution in [0.3, 0.4) is 0 Å². The van der Waals surface area contributed by atoms with Crippen LogP contribution < -0.4 is 10.6 Å². The average molecular weight is 258 g/mol. The lowest BCUT2D eigenvalue weighted by Gasteiger charge is -2.23. The van der Waals surface area contributed by atoms with E-state index in [2.05, 4.69) is 28.8 Å². The Labute approximate surface area is 117 Å². The summed E-state index contributed by atoms with van der Waals surface area (Å²) in [6.07, 6.45) is 10.9. The van der Waals surface area contributed by atoms with Gasteiger partial charge in [0.15, 0.2) is 0 Å². The predicted molar refractivity (Wildman–Crippen MR) is 81.6 cm³/mol. The number of hydrogen-bond acceptors (Lipinski definition) is 2. The standard InChI is InChI=1S/C17H26N2/c1-2-4-9-15(8-3-1)19-13-14-7-5-11-17-16(14)10-6-12-18-17/h5,7,11,15,18-19H,1-4,6,8-10,12-13H2. The van der Waals surface area contributed by atoms with E-state index in [4.69, 9.17) is 0 Å². The van der Waals surface area contributed by atoms with Crippen LogP contribution in [0, 0.1) is 0 Å². The molecular weight excluding hydrogens is 232 g/mol. The van der Waals surface area contributed by atoms with Crippen LogP contribution >= 0.6 is 0 Å². The van der Waals surface area contributed by atoms with Crippen LogP contribution in [0.25, 0.3) is 0 Å². The van der Waals surface area contributed by atoms with Gasteiger partial charge in [0.05, 0.1) is 0 Å². The van der Waals surface area contributed by atoms with Crippen molar-refractivity contribution in [3.63, 3.8) is 0 Å². The van der Waals surface area contributed by atoms with Gasteiger partial charge < -0.3 is 10.6 Å². The van der Waals surface area contributed by atoms with Crippen molar-refractivity contribution in [1.82, 2.24) is 5.32 Å². The van der Waals surface area contributed by atoms with Gasteiger partial charge >= 0.3 is 0 Å². The van der Waals surface area contributed by atoms with Crippen molar-refractivity contribution in [2.24, 2.45) is 0 Å². The Hall–Kier alpha value is -1.02. The zero-order valence-corrected chi connectivity index (χ0v) is 11.9. The highest BCUT2D eigenvalue weighted by Crippen LogP contribution is 2.25. The number of fused-ring (bicyclic) bond motifs is 1. The van der Waals surface area contributed by atoms with Gasteiger partial charge in [0.25, 0.3) is 0 Å². The third-order valence-electron chi connectivity index (χ3n) is 4.63. The van der Waals surface area contributed by atoms with E-state index in [1.807, 2.05) is 0 Å². The van der Waals surface area contributed by atoms with Crippen LogP contribution in [0.4, 0.5) is 5.69 Å². The lowest BCUT2D eigenvalue weighted by Crippen LogP contribution is -2.28. The summed E-state index contributed by atoms with van der Waals surface area (Å²) in [6, 6.07) is 7.47. The van der Waals surface area contributed by atoms with Crippen LogP contribution in [-0.4, -0.2) is 12.6 Å². The molecule has 1 fully saturated rings. The van der Waals surface area contributed by atoms with E-state index in [0.717, 1.165) is 19.1 Å². The molecule has 2 N–H and O–H groups in total. The van der Waals surface area contributed by atoms with E-state index in [0.29, 0.717) is 0 Å². The third-order valence-corrected chi connectivity index (χ3v) is 4.63. The molecule has 1 heterocycles. The summed E-state index contributed by atoms with van der Waals surface area (Å²) in [5.41, 5.74) is 4.43. The van der Waals surface area contributed by atoms with E-state index in [9.17, 15) is 0 Å². The molecule has 2 heteroatoms. The summed E-state index contributed by atoms with van der Waals surface area (Å²) in [7, 11) is 0. The highest BCUT2D eigenvalue weighted by atomic mass is 14.9. The maximum Gasteiger partial charge on any atom is 0.0375 e. The molecule has 1 aromatic rings. The largest absolute Gasteiger partial charge is 0.385 e. The van der Waals surface area contributed by atoms with Crippen molar-refractivity contribution in [2.45, 2.75) is 64.0 Å². The second-order valence-corrected chi connectivity index (χ2v) is 6.04. The highest BCUT2D eigenvalue weighted by molar-refractivity contribution is 5.56. The first-order chi connectivity index (χ1) is 9.43. The lowest BCUT2D eigenvalue weighted by atomic mass is 9.97. The smallest absolute Gasteiger partial charge is 0.0375 e. The SMILES string of the molecule is c1cc(CNC2CCCCCC2)c2c(c1)NCCC2. The van der Waals surface area contributed by atoms with Crippen molar-refractivity contribution in [2.75, 3.05) is 11.9 Å². The normalized spacial score (nSPS) is 20.4. The van der Waals surface area contributed by atoms with Crippen molar-refractivity contribution in [3.05, 3.63) is 29.3 Å². The number of rotatable bonds is 3. The van der Waals surface area contributed by atoms with E-state index in [-0.39, 0.29) is 0 Å². The Bertz CT molecular complexity index is 406. The first-order valence-electron chi connectivity index (χ1n) is 8.01. The number of benzene rings is 1. The molecule has 1 aliphatic carbocycles. The van der Waals surface area contributed by atoms with E-state index < -0.39 is 0 Å². The van der Waals surface area contributed by atoms with E-state index >= 15 is 0 Å². The first kappa shape index (κ1) is 13.0. The van der Waals surface area contributed by atoms with Crippen LogP contribution in [0.15, 0.2) is 18.2 Å². The van der Waals surface area contributed by atoms with Crippen LogP contribution in [0.2, 0.25) is 0 Å². The molecule has 104 valence electrons. The van der Waals surface area contributed by atoms with Gasteiger partial charge in [-0.15, -0.1) is 0 Å². The molecule has 0 aromatic heterocycles. The molecule has 1 aliphatic heterocycles. The second-order valence-electron chi connectivity index (χ2n) is 6.04. The van der Waals surface area contributed by atoms with Gasteiger partial charge in [-0.1, -0.05) is 37.8 Å². The number of nitrogens with one attached hydrogen (secondary N) is 2. The summed E-state index contributed by atoms with van der Waals surface area (Å²) >= 11 is 0. The Morgan fingerprint density at radius 3 is 2.74 bits per heavy atom. The van der Waals surface area contributed by atoms with Gasteiger partial charge in [-0.2, -0.15) is 0 Å². The summed E-state index contributed by atoms with van der Waals surface area (Å²) in [5, 5.41) is 7.32. The second kappa shape index (κ2) is 6.42. The molecule has 2 nitrogen and oxygen atoms in total. The number of anilines is 1. The van der Waals surface area contributed by atoms with Gasteiger partial charge in [-0.05, 0) is 42.9 Å². The Balaban J connectivity index is 1.63. The molecule has 2 aliphatic rings. The monoisotopic (exact) mass is 258 g/mol. The molecule has 0 atom stereocenters. The first-order valence-corrected chi connectivity index (χ1v) is 8.01.